The van der Waals surface area contributed by atoms with Gasteiger partial charge in [0.15, 0.2) is 0 Å². The molecular formula is C24H18N3O3Te. The van der Waals surface area contributed by atoms with Crippen LogP contribution in [0.25, 0.3) is 6.08 Å². The van der Waals surface area contributed by atoms with E-state index in [2.05, 4.69) is 41.2 Å². The molecule has 0 bridgehead atoms. The van der Waals surface area contributed by atoms with Gasteiger partial charge in [-0.25, -0.2) is 0 Å². The van der Waals surface area contributed by atoms with Gasteiger partial charge in [-0.3, -0.25) is 0 Å². The van der Waals surface area contributed by atoms with E-state index in [0.29, 0.717) is 15.5 Å². The van der Waals surface area contributed by atoms with Gasteiger partial charge in [0.05, 0.1) is 0 Å². The monoisotopic (exact) mass is 526 g/mol. The molecule has 31 heavy (non-hydrogen) atoms. The van der Waals surface area contributed by atoms with Crippen LogP contribution in [0.3, 0.4) is 0 Å². The first-order valence-corrected chi connectivity index (χ1v) is 10.9. The van der Waals surface area contributed by atoms with E-state index in [0.717, 1.165) is 16.9 Å². The van der Waals surface area contributed by atoms with Gasteiger partial charge in [0.2, 0.25) is 0 Å². The summed E-state index contributed by atoms with van der Waals surface area (Å²) in [5.41, 5.74) is 3.77. The van der Waals surface area contributed by atoms with Crippen LogP contribution in [0.15, 0.2) is 75.6 Å². The Bertz CT molecular complexity index is 1290. The van der Waals surface area contributed by atoms with Crippen LogP contribution < -0.4 is 10.2 Å². The first-order valence-electron chi connectivity index (χ1n) is 9.78. The molecule has 2 aliphatic heterocycles. The van der Waals surface area contributed by atoms with Crippen LogP contribution in [0, 0.1) is 0 Å². The van der Waals surface area contributed by atoms with Crippen molar-refractivity contribution in [3.63, 3.8) is 0 Å². The zero-order valence-electron chi connectivity index (χ0n) is 16.9. The number of carbonyl (C=O) groups excluding carboxylic acids is 2. The quantitative estimate of drug-likeness (QED) is 0.313. The summed E-state index contributed by atoms with van der Waals surface area (Å²) in [4.78, 5) is 30.5. The maximum atomic E-state index is 12.3. The Balaban J connectivity index is 1.70. The van der Waals surface area contributed by atoms with E-state index in [1.807, 2.05) is 48.5 Å². The molecule has 0 atom stereocenters. The molecule has 5 rings (SSSR count). The van der Waals surface area contributed by atoms with Crippen molar-refractivity contribution >= 4 is 61.3 Å². The summed E-state index contributed by atoms with van der Waals surface area (Å²) in [6.45, 7) is 4.29. The van der Waals surface area contributed by atoms with E-state index in [1.54, 1.807) is 0 Å². The molecule has 6 nitrogen and oxygen atoms in total. The Morgan fingerprint density at radius 2 is 1.74 bits per heavy atom. The molecule has 1 aromatic heterocycles. The summed E-state index contributed by atoms with van der Waals surface area (Å²) < 4.78 is 6.56. The normalized spacial score (nSPS) is 18.3. The molecule has 2 aliphatic rings. The van der Waals surface area contributed by atoms with Crippen LogP contribution in [-0.4, -0.2) is 38.0 Å². The van der Waals surface area contributed by atoms with E-state index in [9.17, 15) is 9.59 Å². The first-order chi connectivity index (χ1) is 14.9. The molecule has 3 aromatic rings. The van der Waals surface area contributed by atoms with Crippen molar-refractivity contribution in [2.45, 2.75) is 19.3 Å². The van der Waals surface area contributed by atoms with E-state index >= 15 is 0 Å². The Morgan fingerprint density at radius 1 is 1.03 bits per heavy atom. The first kappa shape index (κ1) is 19.8. The number of amides is 2. The number of anilines is 3. The molecule has 1 radical (unpaired) electrons. The molecule has 0 spiro atoms. The summed E-state index contributed by atoms with van der Waals surface area (Å²) in [6.07, 6.45) is 1.47. The van der Waals surface area contributed by atoms with Crippen LogP contribution in [0.1, 0.15) is 30.7 Å². The Hall–Kier alpha value is -3.14. The molecule has 2 aromatic carbocycles. The summed E-state index contributed by atoms with van der Waals surface area (Å²) in [5, 5.41) is 2.58. The van der Waals surface area contributed by atoms with Gasteiger partial charge in [-0.15, -0.1) is 0 Å². The molecular weight excluding hydrogens is 506 g/mol. The number of furan rings is 1. The second-order valence-corrected chi connectivity index (χ2v) is 9.02. The van der Waals surface area contributed by atoms with Gasteiger partial charge in [0.1, 0.15) is 0 Å². The van der Waals surface area contributed by atoms with Crippen molar-refractivity contribution in [2.75, 3.05) is 4.90 Å². The molecule has 2 amide bonds. The van der Waals surface area contributed by atoms with Gasteiger partial charge < -0.3 is 0 Å². The van der Waals surface area contributed by atoms with E-state index in [-0.39, 0.29) is 11.0 Å². The molecule has 0 saturated carbocycles. The van der Waals surface area contributed by atoms with Crippen LogP contribution in [0.5, 0.6) is 0 Å². The van der Waals surface area contributed by atoms with Crippen molar-refractivity contribution in [1.82, 2.24) is 5.32 Å². The SMILES string of the molecule is CC1(C)c2ccccc2N(c2ccccc2)c2oc(/C=C3/C(=O)N=C([Te])NC3=O)cc21. The van der Waals surface area contributed by atoms with Gasteiger partial charge in [-0.2, -0.15) is 0 Å². The summed E-state index contributed by atoms with van der Waals surface area (Å²) in [7, 11) is 0. The predicted octanol–water partition coefficient (Wildman–Crippen LogP) is 3.95. The number of amidine groups is 1. The summed E-state index contributed by atoms with van der Waals surface area (Å²) >= 11 is 1.50. The van der Waals surface area contributed by atoms with Gasteiger partial charge in [-0.05, 0) is 0 Å². The summed E-state index contributed by atoms with van der Waals surface area (Å²) in [6, 6.07) is 20.1. The number of hydrogen-bond donors (Lipinski definition) is 1. The second kappa shape index (κ2) is 7.23. The number of nitrogens with zero attached hydrogens (tertiary/aromatic N) is 2. The van der Waals surface area contributed by atoms with Crippen molar-refractivity contribution in [2.24, 2.45) is 4.99 Å². The number of rotatable bonds is 2. The fourth-order valence-electron chi connectivity index (χ4n) is 4.08. The Labute approximate surface area is 192 Å². The van der Waals surface area contributed by atoms with Gasteiger partial charge in [0.25, 0.3) is 0 Å². The third kappa shape index (κ3) is 3.21. The van der Waals surface area contributed by atoms with Crippen molar-refractivity contribution in [3.8, 4) is 0 Å². The molecule has 1 N–H and O–H groups in total. The Kier molecular flexibility index (Phi) is 4.62. The Morgan fingerprint density at radius 3 is 2.48 bits per heavy atom. The fraction of sp³-hybridized carbons (Fsp3) is 0.125. The molecule has 0 saturated heterocycles. The average Bonchev–Trinajstić information content (AvgIpc) is 3.16. The predicted molar refractivity (Wildman–Crippen MR) is 120 cm³/mol. The number of carbonyl (C=O) groups is 2. The average molecular weight is 524 g/mol. The van der Waals surface area contributed by atoms with Crippen LogP contribution in [0.2, 0.25) is 0 Å². The molecule has 3 heterocycles. The number of nitrogens with one attached hydrogen (secondary N) is 1. The maximum absolute atomic E-state index is 12.3. The molecule has 0 unspecified atom stereocenters. The minimum absolute atomic E-state index is 0.0417. The number of hydrogen-bond acceptors (Lipinski definition) is 4. The van der Waals surface area contributed by atoms with E-state index in [1.165, 1.54) is 33.9 Å². The van der Waals surface area contributed by atoms with Gasteiger partial charge >= 0.3 is 187 Å². The van der Waals surface area contributed by atoms with Crippen molar-refractivity contribution in [3.05, 3.63) is 83.1 Å². The van der Waals surface area contributed by atoms with Crippen molar-refractivity contribution < 1.29 is 14.0 Å². The third-order valence-electron chi connectivity index (χ3n) is 5.63. The van der Waals surface area contributed by atoms with Crippen LogP contribution in [-0.2, 0) is 15.0 Å². The number of benzene rings is 2. The molecule has 7 heteroatoms. The third-order valence-corrected chi connectivity index (χ3v) is 6.18. The number of fused-ring (bicyclic) bond motifs is 2. The summed E-state index contributed by atoms with van der Waals surface area (Å²) in [5.74, 6) is 0.0596. The van der Waals surface area contributed by atoms with Crippen LogP contribution in [0.4, 0.5) is 17.3 Å². The molecule has 0 fully saturated rings. The topological polar surface area (TPSA) is 74.9 Å². The van der Waals surface area contributed by atoms with Gasteiger partial charge in [-0.1, -0.05) is 6.07 Å². The minimum atomic E-state index is -0.569. The van der Waals surface area contributed by atoms with Crippen molar-refractivity contribution in [1.29, 1.82) is 0 Å². The number of para-hydroxylation sites is 2. The zero-order valence-corrected chi connectivity index (χ0v) is 19.2. The second-order valence-electron chi connectivity index (χ2n) is 7.91. The zero-order chi connectivity index (χ0) is 21.8. The molecule has 0 aliphatic carbocycles. The van der Waals surface area contributed by atoms with E-state index in [4.69, 9.17) is 4.42 Å². The van der Waals surface area contributed by atoms with Crippen LogP contribution >= 0.6 is 0 Å². The standard InChI is InChI=1S/C24H18N3O3Te/c1-24(2)17-10-6-7-11-19(17)27(14-8-4-3-5-9-14)22-18(24)13-15(30-22)12-16-20(28)25-23(31)26-21(16)29/h3-13H,1-2H3,(H,25,26,28,29). The van der Waals surface area contributed by atoms with Gasteiger partial charge in [0, 0.05) is 0 Å². The molecule has 153 valence electrons. The fourth-order valence-corrected chi connectivity index (χ4v) is 4.58. The van der Waals surface area contributed by atoms with E-state index < -0.39 is 11.8 Å². The number of aliphatic imine (C=N–C) groups is 1.